The zero-order chi connectivity index (χ0) is 20.8. The van der Waals surface area contributed by atoms with E-state index in [0.29, 0.717) is 11.8 Å². The molecule has 30 heavy (non-hydrogen) atoms. The first-order valence-electron chi connectivity index (χ1n) is 10.2. The lowest BCUT2D eigenvalue weighted by molar-refractivity contribution is 0.506. The van der Waals surface area contributed by atoms with E-state index in [-0.39, 0.29) is 11.1 Å². The van der Waals surface area contributed by atoms with Gasteiger partial charge in [0.1, 0.15) is 17.1 Å². The van der Waals surface area contributed by atoms with E-state index >= 15 is 0 Å². The van der Waals surface area contributed by atoms with E-state index in [1.54, 1.807) is 11.6 Å². The molecule has 3 heterocycles. The third kappa shape index (κ3) is 2.86. The molecule has 1 fully saturated rings. The Morgan fingerprint density at radius 2 is 1.93 bits per heavy atom. The number of hydrogen-bond donors (Lipinski definition) is 0. The van der Waals surface area contributed by atoms with Crippen molar-refractivity contribution in [3.8, 4) is 6.07 Å². The average molecular weight is 398 g/mol. The predicted octanol–water partition coefficient (Wildman–Crippen LogP) is 4.24. The van der Waals surface area contributed by atoms with E-state index < -0.39 is 0 Å². The zero-order valence-corrected chi connectivity index (χ0v) is 17.1. The topological polar surface area (TPSA) is 75.1 Å². The number of fused-ring (bicyclic) bond motifs is 2. The van der Waals surface area contributed by atoms with Gasteiger partial charge in [0.05, 0.1) is 11.2 Å². The van der Waals surface area contributed by atoms with Gasteiger partial charge in [-0.2, -0.15) is 5.26 Å². The van der Waals surface area contributed by atoms with E-state index in [9.17, 15) is 10.1 Å². The summed E-state index contributed by atoms with van der Waals surface area (Å²) >= 11 is 0. The number of aryl methyl sites for hydroxylation is 2. The van der Waals surface area contributed by atoms with Crippen molar-refractivity contribution in [2.45, 2.75) is 25.7 Å². The van der Waals surface area contributed by atoms with Gasteiger partial charge in [0, 0.05) is 32.4 Å². The molecular formula is C24H22N4O2. The van der Waals surface area contributed by atoms with Crippen molar-refractivity contribution in [2.75, 3.05) is 18.0 Å². The maximum Gasteiger partial charge on any atom is 0.270 e. The highest BCUT2D eigenvalue weighted by Gasteiger charge is 2.26. The quantitative estimate of drug-likeness (QED) is 0.505. The summed E-state index contributed by atoms with van der Waals surface area (Å²) in [6.07, 6.45) is 1.91. The van der Waals surface area contributed by atoms with Gasteiger partial charge in [0.25, 0.3) is 5.56 Å². The van der Waals surface area contributed by atoms with Gasteiger partial charge in [-0.25, -0.2) is 4.98 Å². The highest BCUT2D eigenvalue weighted by molar-refractivity contribution is 5.95. The maximum atomic E-state index is 12.8. The third-order valence-corrected chi connectivity index (χ3v) is 6.19. The Morgan fingerprint density at radius 1 is 1.17 bits per heavy atom. The van der Waals surface area contributed by atoms with Crippen LogP contribution in [0.15, 0.2) is 51.7 Å². The summed E-state index contributed by atoms with van der Waals surface area (Å²) in [4.78, 5) is 19.4. The molecular weight excluding hydrogens is 376 g/mol. The highest BCUT2D eigenvalue weighted by Crippen LogP contribution is 2.35. The number of hydrogen-bond acceptors (Lipinski definition) is 5. The molecule has 1 saturated heterocycles. The van der Waals surface area contributed by atoms with Crippen LogP contribution < -0.4 is 10.5 Å². The highest BCUT2D eigenvalue weighted by atomic mass is 16.3. The molecule has 5 rings (SSSR count). The van der Waals surface area contributed by atoms with Gasteiger partial charge in [0.2, 0.25) is 0 Å². The lowest BCUT2D eigenvalue weighted by Gasteiger charge is -2.35. The normalized spacial score (nSPS) is 15.0. The fourth-order valence-electron chi connectivity index (χ4n) is 4.66. The van der Waals surface area contributed by atoms with Crippen LogP contribution >= 0.6 is 0 Å². The summed E-state index contributed by atoms with van der Waals surface area (Å²) in [6.45, 7) is 3.46. The second kappa shape index (κ2) is 7.03. The SMILES string of the molecule is Cc1nc2cc(C3CCN(c4c(C#N)c(=O)n(C)c5ccccc45)CC3)ccc2o1. The molecule has 2 aromatic carbocycles. The number of rotatable bonds is 2. The number of pyridine rings is 1. The van der Waals surface area contributed by atoms with Crippen LogP contribution in [0.1, 0.15) is 35.8 Å². The minimum absolute atomic E-state index is 0.231. The van der Waals surface area contributed by atoms with Gasteiger partial charge in [-0.1, -0.05) is 24.3 Å². The Morgan fingerprint density at radius 3 is 2.70 bits per heavy atom. The molecule has 4 aromatic rings. The Balaban J connectivity index is 1.48. The molecule has 0 atom stereocenters. The van der Waals surface area contributed by atoms with Crippen LogP contribution in [0.3, 0.4) is 0 Å². The number of anilines is 1. The van der Waals surface area contributed by atoms with Crippen LogP contribution in [0.5, 0.6) is 0 Å². The van der Waals surface area contributed by atoms with E-state index in [1.807, 2.05) is 37.3 Å². The van der Waals surface area contributed by atoms with Gasteiger partial charge >= 0.3 is 0 Å². The number of para-hydroxylation sites is 1. The molecule has 1 aliphatic rings. The van der Waals surface area contributed by atoms with Gasteiger partial charge < -0.3 is 13.9 Å². The van der Waals surface area contributed by atoms with Crippen molar-refractivity contribution in [3.63, 3.8) is 0 Å². The van der Waals surface area contributed by atoms with Crippen LogP contribution in [0.4, 0.5) is 5.69 Å². The predicted molar refractivity (Wildman–Crippen MR) is 117 cm³/mol. The summed E-state index contributed by atoms with van der Waals surface area (Å²) in [7, 11) is 1.73. The van der Waals surface area contributed by atoms with E-state index in [4.69, 9.17) is 4.42 Å². The lowest BCUT2D eigenvalue weighted by Crippen LogP contribution is -2.35. The summed E-state index contributed by atoms with van der Waals surface area (Å²) in [5, 5.41) is 10.7. The van der Waals surface area contributed by atoms with Crippen molar-refractivity contribution in [1.29, 1.82) is 5.26 Å². The summed E-state index contributed by atoms with van der Waals surface area (Å²) in [5.41, 5.74) is 4.61. The standard InChI is InChI=1S/C24H22N4O2/c1-15-26-20-13-17(7-8-22(20)30-15)16-9-11-28(12-10-16)23-18-5-3-4-6-21(18)27(2)24(29)19(23)14-25/h3-8,13,16H,9-12H2,1-2H3. The minimum Gasteiger partial charge on any atom is -0.441 e. The van der Waals surface area contributed by atoms with Crippen LogP contribution in [-0.2, 0) is 7.05 Å². The molecule has 0 amide bonds. The summed E-state index contributed by atoms with van der Waals surface area (Å²) in [6, 6.07) is 16.2. The molecule has 6 nitrogen and oxygen atoms in total. The zero-order valence-electron chi connectivity index (χ0n) is 17.1. The Bertz CT molecular complexity index is 1370. The van der Waals surface area contributed by atoms with E-state index in [1.165, 1.54) is 5.56 Å². The van der Waals surface area contributed by atoms with Crippen molar-refractivity contribution in [1.82, 2.24) is 9.55 Å². The molecule has 6 heteroatoms. The monoisotopic (exact) mass is 398 g/mol. The van der Waals surface area contributed by atoms with E-state index in [0.717, 1.165) is 53.6 Å². The first-order chi connectivity index (χ1) is 14.6. The lowest BCUT2D eigenvalue weighted by atomic mass is 9.88. The average Bonchev–Trinajstić information content (AvgIpc) is 3.15. The van der Waals surface area contributed by atoms with Crippen LogP contribution in [-0.4, -0.2) is 22.6 Å². The molecule has 0 bridgehead atoms. The molecule has 0 spiro atoms. The number of aromatic nitrogens is 2. The Hall–Kier alpha value is -3.59. The second-order valence-corrected chi connectivity index (χ2v) is 7.94. The molecule has 2 aromatic heterocycles. The molecule has 150 valence electrons. The second-order valence-electron chi connectivity index (χ2n) is 7.94. The fourth-order valence-corrected chi connectivity index (χ4v) is 4.66. The number of nitriles is 1. The van der Waals surface area contributed by atoms with Crippen molar-refractivity contribution in [2.24, 2.45) is 7.05 Å². The molecule has 0 saturated carbocycles. The number of nitrogens with zero attached hydrogens (tertiary/aromatic N) is 4. The molecule has 0 N–H and O–H groups in total. The summed E-state index contributed by atoms with van der Waals surface area (Å²) < 4.78 is 7.16. The van der Waals surface area contributed by atoms with Crippen molar-refractivity contribution in [3.05, 3.63) is 69.8 Å². The number of oxazole rings is 1. The first kappa shape index (κ1) is 18.4. The van der Waals surface area contributed by atoms with Crippen LogP contribution in [0.2, 0.25) is 0 Å². The van der Waals surface area contributed by atoms with Gasteiger partial charge in [0.15, 0.2) is 11.5 Å². The van der Waals surface area contributed by atoms with Gasteiger partial charge in [-0.15, -0.1) is 0 Å². The Labute approximate surface area is 174 Å². The van der Waals surface area contributed by atoms with Crippen LogP contribution in [0, 0.1) is 18.3 Å². The minimum atomic E-state index is -0.236. The molecule has 0 radical (unpaired) electrons. The first-order valence-corrected chi connectivity index (χ1v) is 10.2. The Kier molecular flexibility index (Phi) is 4.32. The molecule has 0 aliphatic carbocycles. The molecule has 1 aliphatic heterocycles. The fraction of sp³-hybridized carbons (Fsp3) is 0.292. The number of piperidine rings is 1. The largest absolute Gasteiger partial charge is 0.441 e. The van der Waals surface area contributed by atoms with Crippen LogP contribution in [0.25, 0.3) is 22.0 Å². The third-order valence-electron chi connectivity index (χ3n) is 6.19. The smallest absolute Gasteiger partial charge is 0.270 e. The van der Waals surface area contributed by atoms with Crippen molar-refractivity contribution >= 4 is 27.7 Å². The van der Waals surface area contributed by atoms with E-state index in [2.05, 4.69) is 28.1 Å². The van der Waals surface area contributed by atoms with Gasteiger partial charge in [-0.05, 0) is 42.5 Å². The maximum absolute atomic E-state index is 12.8. The van der Waals surface area contributed by atoms with Crippen molar-refractivity contribution < 1.29 is 4.42 Å². The molecule has 0 unspecified atom stereocenters. The van der Waals surface area contributed by atoms with Gasteiger partial charge in [-0.3, -0.25) is 4.79 Å². The number of benzene rings is 2. The summed E-state index contributed by atoms with van der Waals surface area (Å²) in [5.74, 6) is 1.10.